The molecule has 11 nitrogen and oxygen atoms in total. The average molecular weight is 1060 g/mol. The summed E-state index contributed by atoms with van der Waals surface area (Å²) in [7, 11) is 5.22. The molecule has 7 N–H and O–H groups in total. The number of aromatic hydroxyl groups is 3. The molecule has 0 radical (unpaired) electrons. The molecule has 0 fully saturated rings. The first-order chi connectivity index (χ1) is 31.6. The van der Waals surface area contributed by atoms with E-state index in [1.54, 1.807) is 55.0 Å². The summed E-state index contributed by atoms with van der Waals surface area (Å²) in [5, 5.41) is 48.6. The molecule has 0 saturated carbocycles. The Morgan fingerprint density at radius 3 is 1.30 bits per heavy atom. The molecule has 0 amide bonds. The maximum absolute atomic E-state index is 10.6. The van der Waals surface area contributed by atoms with Crippen LogP contribution in [-0.4, -0.2) is 57.7 Å². The van der Waals surface area contributed by atoms with Crippen molar-refractivity contribution in [2.24, 2.45) is 5.73 Å². The van der Waals surface area contributed by atoms with Crippen LogP contribution in [0, 0.1) is 11.3 Å². The van der Waals surface area contributed by atoms with E-state index in [0.29, 0.717) is 27.7 Å². The van der Waals surface area contributed by atoms with Crippen molar-refractivity contribution in [1.29, 1.82) is 5.26 Å². The van der Waals surface area contributed by atoms with E-state index in [-0.39, 0.29) is 59.0 Å². The van der Waals surface area contributed by atoms with Crippen LogP contribution in [0.2, 0.25) is 0 Å². The van der Waals surface area contributed by atoms with E-state index in [1.807, 2.05) is 129 Å². The fourth-order valence-electron chi connectivity index (χ4n) is 6.79. The molecule has 0 saturated heterocycles. The van der Waals surface area contributed by atoms with Gasteiger partial charge in [0, 0.05) is 60.4 Å². The molecule has 0 aliphatic heterocycles. The van der Waals surface area contributed by atoms with Gasteiger partial charge in [0.05, 0.1) is 23.7 Å². The van der Waals surface area contributed by atoms with Crippen molar-refractivity contribution in [2.45, 2.75) is 41.8 Å². The fourth-order valence-corrected chi connectivity index (χ4v) is 7.32. The number of nitrogens with zero attached hydrogens (tertiary/aromatic N) is 4. The van der Waals surface area contributed by atoms with Crippen LogP contribution in [0.15, 0.2) is 179 Å². The Morgan fingerprint density at radius 1 is 0.536 bits per heavy atom. The van der Waals surface area contributed by atoms with E-state index in [1.165, 1.54) is 7.05 Å². The molecule has 2 atom stereocenters. The number of carbonyl (C=O) groups excluding carboxylic acids is 1. The number of hydrogen-bond donors (Lipinski definition) is 6. The highest BCUT2D eigenvalue weighted by Gasteiger charge is 2.19. The number of fused-ring (bicyclic) bond motifs is 3. The van der Waals surface area contributed by atoms with Crippen LogP contribution in [-0.2, 0) is 0 Å². The number of aldehydes is 1. The van der Waals surface area contributed by atoms with Gasteiger partial charge in [-0.15, -0.1) is 0 Å². The van der Waals surface area contributed by atoms with Crippen molar-refractivity contribution in [2.75, 3.05) is 21.1 Å². The predicted octanol–water partition coefficient (Wildman–Crippen LogP) is 13.5. The summed E-state index contributed by atoms with van der Waals surface area (Å²) in [4.78, 5) is 22.7. The number of benzene rings is 6. The van der Waals surface area contributed by atoms with Gasteiger partial charge in [-0.05, 0) is 92.9 Å². The van der Waals surface area contributed by atoms with E-state index in [4.69, 9.17) is 5.26 Å². The Labute approximate surface area is 424 Å². The first-order valence-electron chi connectivity index (χ1n) is 20.2. The summed E-state index contributed by atoms with van der Waals surface area (Å²) in [5.74, 6) is 0.653. The van der Waals surface area contributed by atoms with Gasteiger partial charge in [-0.2, -0.15) is 5.26 Å². The van der Waals surface area contributed by atoms with E-state index in [2.05, 4.69) is 69.2 Å². The molecule has 13 heteroatoms. The highest BCUT2D eigenvalue weighted by atomic mass is 79.9. The van der Waals surface area contributed by atoms with E-state index in [0.717, 1.165) is 53.6 Å². The summed E-state index contributed by atoms with van der Waals surface area (Å²) >= 11 is 6.70. The van der Waals surface area contributed by atoms with Crippen LogP contribution in [0.3, 0.4) is 0 Å². The molecule has 360 valence electrons. The number of phenols is 3. The molecular formula is C56H63Br2N7O4. The van der Waals surface area contributed by atoms with E-state index in [9.17, 15) is 20.1 Å². The minimum atomic E-state index is -0.167. The summed E-state index contributed by atoms with van der Waals surface area (Å²) in [6.07, 6.45) is 5.86. The van der Waals surface area contributed by atoms with Crippen LogP contribution in [0.4, 0.5) is 0 Å². The molecule has 69 heavy (non-hydrogen) atoms. The monoisotopic (exact) mass is 1060 g/mol. The molecule has 9 rings (SSSR count). The average Bonchev–Trinajstić information content (AvgIpc) is 3.36. The van der Waals surface area contributed by atoms with Gasteiger partial charge in [-0.1, -0.05) is 153 Å². The van der Waals surface area contributed by atoms with Crippen LogP contribution in [0.1, 0.15) is 80.0 Å². The van der Waals surface area contributed by atoms with Crippen molar-refractivity contribution < 1.29 is 20.1 Å². The minimum Gasteiger partial charge on any atom is -0.506 e. The normalized spacial score (nSPS) is 10.5. The molecule has 0 aliphatic rings. The van der Waals surface area contributed by atoms with Crippen LogP contribution in [0.5, 0.6) is 17.2 Å². The number of rotatable bonds is 7. The number of nitriles is 1. The Kier molecular flexibility index (Phi) is 26.4. The standard InChI is InChI=1S/C18H15N3O.C17H15BrN2O.C9H7NO.C7H5BrO.CH5N.4CH4/c1-20-16(14-6-4-12(11-19)5-7-14)15-9-8-13-3-2-10-21-17(13)18(15)22;1-19-15(12-4-7-13(18)8-5-12)14-9-6-11-3-2-10-20-16(11)17(14)21;11-8-5-1-3-7-4-2-6-10-9(7)8;8-7-3-1-6(5-9)2-4-7;1-2;;;;/h2-10,16,20,22H,1H3;2-10,15,19,21H,1H3;1-6,11H;1-5H;2H2,1H3;4*1H4. The summed E-state index contributed by atoms with van der Waals surface area (Å²) < 4.78 is 2.03. The molecule has 3 heterocycles. The molecule has 9 aromatic rings. The second-order valence-corrected chi connectivity index (χ2v) is 15.7. The molecule has 0 aliphatic carbocycles. The van der Waals surface area contributed by atoms with Crippen molar-refractivity contribution in [3.63, 3.8) is 0 Å². The Hall–Kier alpha value is -7.05. The maximum atomic E-state index is 10.6. The fraction of sp³-hybridized carbons (Fsp3) is 0.161. The summed E-state index contributed by atoms with van der Waals surface area (Å²) in [6, 6.07) is 48.9. The van der Waals surface area contributed by atoms with Gasteiger partial charge >= 0.3 is 0 Å². The lowest BCUT2D eigenvalue weighted by molar-refractivity contribution is 0.112. The number of carbonyl (C=O) groups is 1. The SMILES string of the molecule is C.C.C.C.CN.CNC(c1ccc(Br)cc1)c1ccc2cccnc2c1O.CNC(c1ccc(C#N)cc1)c1ccc2cccnc2c1O.O=Cc1ccc(Br)cc1.Oc1cccc2cccnc12. The maximum Gasteiger partial charge on any atom is 0.150 e. The number of aromatic nitrogens is 3. The zero-order chi connectivity index (χ0) is 46.7. The predicted molar refractivity (Wildman–Crippen MR) is 294 cm³/mol. The first-order valence-corrected chi connectivity index (χ1v) is 21.8. The Balaban J connectivity index is 0.000000470. The van der Waals surface area contributed by atoms with Crippen molar-refractivity contribution >= 4 is 70.9 Å². The summed E-state index contributed by atoms with van der Waals surface area (Å²) in [5.41, 5.74) is 11.4. The number of phenolic OH excluding ortho intramolecular Hbond substituents is 3. The third-order valence-electron chi connectivity index (χ3n) is 9.95. The number of hydrogen-bond acceptors (Lipinski definition) is 11. The van der Waals surface area contributed by atoms with Gasteiger partial charge in [0.15, 0.2) is 0 Å². The van der Waals surface area contributed by atoms with E-state index >= 15 is 0 Å². The van der Waals surface area contributed by atoms with Gasteiger partial charge in [0.25, 0.3) is 0 Å². The molecule has 3 aromatic heterocycles. The van der Waals surface area contributed by atoms with Gasteiger partial charge in [0.2, 0.25) is 0 Å². The number of nitrogens with one attached hydrogen (secondary N) is 2. The van der Waals surface area contributed by atoms with Gasteiger partial charge in [0.1, 0.15) is 40.1 Å². The minimum absolute atomic E-state index is 0. The highest BCUT2D eigenvalue weighted by molar-refractivity contribution is 9.10. The molecular weight excluding hydrogens is 994 g/mol. The zero-order valence-corrected chi connectivity index (χ0v) is 38.9. The number of halogens is 2. The summed E-state index contributed by atoms with van der Waals surface area (Å²) in [6.45, 7) is 0. The second kappa shape index (κ2) is 30.4. The Morgan fingerprint density at radius 2 is 0.913 bits per heavy atom. The third-order valence-corrected chi connectivity index (χ3v) is 11.0. The number of pyridine rings is 3. The van der Waals surface area contributed by atoms with Gasteiger partial charge in [-0.3, -0.25) is 19.7 Å². The number of nitrogens with two attached hydrogens (primary N) is 1. The van der Waals surface area contributed by atoms with Gasteiger partial charge < -0.3 is 31.7 Å². The lowest BCUT2D eigenvalue weighted by Crippen LogP contribution is -2.17. The molecule has 2 unspecified atom stereocenters. The van der Waals surface area contributed by atoms with Crippen LogP contribution in [0.25, 0.3) is 32.7 Å². The van der Waals surface area contributed by atoms with Crippen molar-refractivity contribution in [1.82, 2.24) is 25.6 Å². The third kappa shape index (κ3) is 15.8. The van der Waals surface area contributed by atoms with E-state index < -0.39 is 0 Å². The molecule has 6 aromatic carbocycles. The van der Waals surface area contributed by atoms with Crippen molar-refractivity contribution in [3.05, 3.63) is 213 Å². The van der Waals surface area contributed by atoms with Crippen LogP contribution >= 0.6 is 31.9 Å². The first kappa shape index (κ1) is 60.0. The second-order valence-electron chi connectivity index (χ2n) is 13.9. The molecule has 0 bridgehead atoms. The lowest BCUT2D eigenvalue weighted by Gasteiger charge is -2.19. The van der Waals surface area contributed by atoms with Gasteiger partial charge in [-0.25, -0.2) is 0 Å². The number of para-hydroxylation sites is 1. The molecule has 0 spiro atoms. The van der Waals surface area contributed by atoms with Crippen molar-refractivity contribution in [3.8, 4) is 23.3 Å². The lowest BCUT2D eigenvalue weighted by atomic mass is 9.96. The van der Waals surface area contributed by atoms with Crippen LogP contribution < -0.4 is 16.4 Å². The topological polar surface area (TPSA) is 190 Å². The highest BCUT2D eigenvalue weighted by Crippen LogP contribution is 2.36. The largest absolute Gasteiger partial charge is 0.506 e. The Bertz CT molecular complexity index is 2980. The zero-order valence-electron chi connectivity index (χ0n) is 35.8. The smallest absolute Gasteiger partial charge is 0.150 e. The quantitative estimate of drug-likeness (QED) is 0.0833.